The van der Waals surface area contributed by atoms with Crippen molar-refractivity contribution >= 4 is 16.9 Å². The van der Waals surface area contributed by atoms with E-state index in [0.717, 1.165) is 49.3 Å². The van der Waals surface area contributed by atoms with E-state index >= 15 is 0 Å². The third kappa shape index (κ3) is 6.20. The van der Waals surface area contributed by atoms with Crippen LogP contribution in [0.5, 0.6) is 5.75 Å². The first kappa shape index (κ1) is 22.6. The molecule has 0 atom stereocenters. The zero-order chi connectivity index (χ0) is 22.1. The van der Waals surface area contributed by atoms with E-state index in [1.807, 2.05) is 12.1 Å². The molecule has 1 amide bonds. The monoisotopic (exact) mass is 419 g/mol. The molecule has 0 aliphatic rings. The summed E-state index contributed by atoms with van der Waals surface area (Å²) in [5.41, 5.74) is 3.45. The molecule has 1 heterocycles. The first-order valence-electron chi connectivity index (χ1n) is 11.2. The molecule has 0 aliphatic heterocycles. The molecule has 0 radical (unpaired) electrons. The van der Waals surface area contributed by atoms with E-state index in [0.29, 0.717) is 19.1 Å². The Labute approximate surface area is 185 Å². The number of aromatic nitrogens is 2. The molecule has 31 heavy (non-hydrogen) atoms. The molecule has 164 valence electrons. The van der Waals surface area contributed by atoms with Crippen molar-refractivity contribution < 1.29 is 9.53 Å². The smallest absolute Gasteiger partial charge is 0.243 e. The Kier molecular flexibility index (Phi) is 8.27. The minimum absolute atomic E-state index is 0.132. The Morgan fingerprint density at radius 2 is 1.90 bits per heavy atom. The number of aryl methyl sites for hydroxylation is 2. The highest BCUT2D eigenvalue weighted by Gasteiger charge is 2.11. The van der Waals surface area contributed by atoms with E-state index in [-0.39, 0.29) is 5.91 Å². The summed E-state index contributed by atoms with van der Waals surface area (Å²) in [4.78, 5) is 16.2. The summed E-state index contributed by atoms with van der Waals surface area (Å²) in [6.07, 6.45) is 4.97. The van der Waals surface area contributed by atoms with Crippen molar-refractivity contribution in [1.82, 2.24) is 14.9 Å². The number of hydrogen-bond acceptors (Lipinski definition) is 3. The van der Waals surface area contributed by atoms with Gasteiger partial charge >= 0.3 is 0 Å². The van der Waals surface area contributed by atoms with Crippen molar-refractivity contribution in [3.05, 3.63) is 72.6 Å². The van der Waals surface area contributed by atoms with Gasteiger partial charge in [-0.05, 0) is 55.0 Å². The van der Waals surface area contributed by atoms with Crippen LogP contribution < -0.4 is 10.1 Å². The number of fused-ring (bicyclic) bond motifs is 1. The van der Waals surface area contributed by atoms with E-state index in [2.05, 4.69) is 66.7 Å². The van der Waals surface area contributed by atoms with E-state index in [1.165, 1.54) is 17.2 Å². The summed E-state index contributed by atoms with van der Waals surface area (Å²) >= 11 is 0. The lowest BCUT2D eigenvalue weighted by Crippen LogP contribution is -2.22. The standard InChI is InChI=1S/C26H33N3O2/c1-4-26(30)27-17-11-16-25-28-22-13-6-7-14-23(22)29(25)18-9-10-19-31-24-15-8-5-12-21(24)20(2)3/h4-8,12-15,20H,1,9-11,16-19H2,2-3H3,(H,27,30). The van der Waals surface area contributed by atoms with Gasteiger partial charge in [0.1, 0.15) is 11.6 Å². The maximum Gasteiger partial charge on any atom is 0.243 e. The lowest BCUT2D eigenvalue weighted by molar-refractivity contribution is -0.116. The molecule has 2 aromatic carbocycles. The Morgan fingerprint density at radius 1 is 1.13 bits per heavy atom. The molecule has 0 saturated carbocycles. The van der Waals surface area contributed by atoms with E-state index < -0.39 is 0 Å². The summed E-state index contributed by atoms with van der Waals surface area (Å²) in [6.45, 7) is 10.1. The molecule has 5 heteroatoms. The van der Waals surface area contributed by atoms with Gasteiger partial charge in [0.25, 0.3) is 0 Å². The summed E-state index contributed by atoms with van der Waals surface area (Å²) in [5, 5.41) is 2.83. The van der Waals surface area contributed by atoms with Crippen molar-refractivity contribution in [3.8, 4) is 5.75 Å². The van der Waals surface area contributed by atoms with E-state index in [9.17, 15) is 4.79 Å². The van der Waals surface area contributed by atoms with E-state index in [1.54, 1.807) is 0 Å². The van der Waals surface area contributed by atoms with Crippen LogP contribution in [-0.4, -0.2) is 28.6 Å². The topological polar surface area (TPSA) is 56.2 Å². The van der Waals surface area contributed by atoms with Gasteiger partial charge in [-0.1, -0.05) is 50.8 Å². The fourth-order valence-electron chi connectivity index (χ4n) is 3.74. The van der Waals surface area contributed by atoms with Crippen molar-refractivity contribution in [3.63, 3.8) is 0 Å². The van der Waals surface area contributed by atoms with Crippen LogP contribution in [0.25, 0.3) is 11.0 Å². The number of amides is 1. The second-order valence-electron chi connectivity index (χ2n) is 8.02. The molecule has 0 fully saturated rings. The number of unbranched alkanes of at least 4 members (excludes halogenated alkanes) is 1. The Bertz CT molecular complexity index is 1010. The fourth-order valence-corrected chi connectivity index (χ4v) is 3.74. The molecule has 3 rings (SSSR count). The Morgan fingerprint density at radius 3 is 2.71 bits per heavy atom. The number of imidazole rings is 1. The van der Waals surface area contributed by atoms with Gasteiger partial charge in [0.2, 0.25) is 5.91 Å². The third-order valence-corrected chi connectivity index (χ3v) is 5.37. The van der Waals surface area contributed by atoms with Crippen molar-refractivity contribution in [2.24, 2.45) is 0 Å². The van der Waals surface area contributed by atoms with Gasteiger partial charge in [0, 0.05) is 19.5 Å². The number of benzene rings is 2. The van der Waals surface area contributed by atoms with Gasteiger partial charge in [-0.2, -0.15) is 0 Å². The molecular weight excluding hydrogens is 386 g/mol. The highest BCUT2D eigenvalue weighted by atomic mass is 16.5. The number of para-hydroxylation sites is 3. The number of hydrogen-bond donors (Lipinski definition) is 1. The minimum Gasteiger partial charge on any atom is -0.493 e. The molecule has 0 aliphatic carbocycles. The number of rotatable bonds is 12. The molecule has 0 spiro atoms. The first-order chi connectivity index (χ1) is 15.1. The largest absolute Gasteiger partial charge is 0.493 e. The predicted octanol–water partition coefficient (Wildman–Crippen LogP) is 5.25. The Hall–Kier alpha value is -3.08. The molecule has 0 unspecified atom stereocenters. The van der Waals surface area contributed by atoms with Gasteiger partial charge in [-0.15, -0.1) is 0 Å². The lowest BCUT2D eigenvalue weighted by atomic mass is 10.0. The maximum absolute atomic E-state index is 11.3. The molecule has 1 N–H and O–H groups in total. The van der Waals surface area contributed by atoms with Gasteiger partial charge < -0.3 is 14.6 Å². The van der Waals surface area contributed by atoms with Crippen LogP contribution in [0, 0.1) is 0 Å². The van der Waals surface area contributed by atoms with Crippen molar-refractivity contribution in [2.45, 2.75) is 52.0 Å². The van der Waals surface area contributed by atoms with Crippen LogP contribution >= 0.6 is 0 Å². The second-order valence-corrected chi connectivity index (χ2v) is 8.02. The number of nitrogens with zero attached hydrogens (tertiary/aromatic N) is 2. The second kappa shape index (κ2) is 11.3. The fraction of sp³-hybridized carbons (Fsp3) is 0.385. The third-order valence-electron chi connectivity index (χ3n) is 5.37. The van der Waals surface area contributed by atoms with Gasteiger partial charge in [-0.25, -0.2) is 4.98 Å². The van der Waals surface area contributed by atoms with Crippen LogP contribution in [0.15, 0.2) is 61.2 Å². The highest BCUT2D eigenvalue weighted by molar-refractivity contribution is 5.86. The first-order valence-corrected chi connectivity index (χ1v) is 11.2. The number of nitrogens with one attached hydrogen (secondary N) is 1. The average molecular weight is 420 g/mol. The van der Waals surface area contributed by atoms with Gasteiger partial charge in [0.15, 0.2) is 0 Å². The number of carbonyl (C=O) groups is 1. The molecule has 0 saturated heterocycles. The van der Waals surface area contributed by atoms with Crippen LogP contribution in [0.3, 0.4) is 0 Å². The predicted molar refractivity (Wildman–Crippen MR) is 127 cm³/mol. The Balaban J connectivity index is 1.55. The molecular formula is C26H33N3O2. The van der Waals surface area contributed by atoms with Crippen LogP contribution in [0.4, 0.5) is 0 Å². The molecule has 5 nitrogen and oxygen atoms in total. The lowest BCUT2D eigenvalue weighted by Gasteiger charge is -2.14. The molecule has 0 bridgehead atoms. The van der Waals surface area contributed by atoms with Crippen molar-refractivity contribution in [2.75, 3.05) is 13.2 Å². The van der Waals surface area contributed by atoms with Crippen LogP contribution in [0.1, 0.15) is 50.4 Å². The van der Waals surface area contributed by atoms with Gasteiger partial charge in [0.05, 0.1) is 17.6 Å². The summed E-state index contributed by atoms with van der Waals surface area (Å²) in [7, 11) is 0. The quantitative estimate of drug-likeness (QED) is 0.322. The maximum atomic E-state index is 11.3. The van der Waals surface area contributed by atoms with Crippen LogP contribution in [-0.2, 0) is 17.8 Å². The SMILES string of the molecule is C=CC(=O)NCCCc1nc2ccccc2n1CCCCOc1ccccc1C(C)C. The molecule has 1 aromatic heterocycles. The van der Waals surface area contributed by atoms with Gasteiger partial charge in [-0.3, -0.25) is 4.79 Å². The highest BCUT2D eigenvalue weighted by Crippen LogP contribution is 2.26. The summed E-state index contributed by atoms with van der Waals surface area (Å²) in [6, 6.07) is 16.6. The summed E-state index contributed by atoms with van der Waals surface area (Å²) in [5.74, 6) is 2.38. The summed E-state index contributed by atoms with van der Waals surface area (Å²) < 4.78 is 8.39. The molecule has 3 aromatic rings. The minimum atomic E-state index is -0.132. The van der Waals surface area contributed by atoms with Crippen LogP contribution in [0.2, 0.25) is 0 Å². The zero-order valence-electron chi connectivity index (χ0n) is 18.6. The number of carbonyl (C=O) groups excluding carboxylic acids is 1. The van der Waals surface area contributed by atoms with E-state index in [4.69, 9.17) is 9.72 Å². The zero-order valence-corrected chi connectivity index (χ0v) is 18.6. The number of ether oxygens (including phenoxy) is 1. The van der Waals surface area contributed by atoms with Crippen molar-refractivity contribution in [1.29, 1.82) is 0 Å². The normalized spacial score (nSPS) is 11.1. The average Bonchev–Trinajstić information content (AvgIpc) is 3.14.